The van der Waals surface area contributed by atoms with Crippen molar-refractivity contribution >= 4 is 22.4 Å². The average molecular weight is 459 g/mol. The maximum atomic E-state index is 15.5. The van der Waals surface area contributed by atoms with E-state index < -0.39 is 15.0 Å². The van der Waals surface area contributed by atoms with Gasteiger partial charge in [-0.1, -0.05) is 24.3 Å². The average Bonchev–Trinajstić information content (AvgIpc) is 2.74. The molecule has 0 amide bonds. The molecule has 166 valence electrons. The van der Waals surface area contributed by atoms with Crippen molar-refractivity contribution in [1.82, 2.24) is 9.62 Å². The minimum atomic E-state index is -4.19. The normalized spacial score (nSPS) is 16.0. The molecule has 1 aliphatic heterocycles. The predicted molar refractivity (Wildman–Crippen MR) is 117 cm³/mol. The number of ether oxygens (including phenoxy) is 2. The van der Waals surface area contributed by atoms with Gasteiger partial charge in [-0.25, -0.2) is 12.8 Å². The Morgan fingerprint density at radius 3 is 1.67 bits per heavy atom. The van der Waals surface area contributed by atoms with Crippen molar-refractivity contribution in [1.29, 1.82) is 0 Å². The van der Waals surface area contributed by atoms with Crippen LogP contribution < -0.4 is 14.8 Å². The number of sulfonamides is 1. The second-order valence-electron chi connectivity index (χ2n) is 7.10. The number of nitrogens with zero attached hydrogens (tertiary/aromatic N) is 1. The highest BCUT2D eigenvalue weighted by Gasteiger charge is 2.48. The number of benzene rings is 2. The molecule has 0 aliphatic carbocycles. The molecular weight excluding hydrogens is 431 g/mol. The van der Waals surface area contributed by atoms with Crippen molar-refractivity contribution < 1.29 is 22.3 Å². The van der Waals surface area contributed by atoms with Crippen LogP contribution in [0, 0.1) is 0 Å². The Balaban J connectivity index is 0.00000320. The minimum Gasteiger partial charge on any atom is -0.497 e. The van der Waals surface area contributed by atoms with Crippen LogP contribution in [0.15, 0.2) is 48.5 Å². The lowest BCUT2D eigenvalue weighted by molar-refractivity contribution is 0.190. The molecule has 0 bridgehead atoms. The summed E-state index contributed by atoms with van der Waals surface area (Å²) in [6.07, 6.45) is -0.117. The number of nitrogens with one attached hydrogen (secondary N) is 1. The zero-order valence-electron chi connectivity index (χ0n) is 17.1. The van der Waals surface area contributed by atoms with E-state index in [4.69, 9.17) is 9.47 Å². The van der Waals surface area contributed by atoms with E-state index in [1.807, 2.05) is 0 Å². The Bertz CT molecular complexity index is 852. The van der Waals surface area contributed by atoms with Crippen LogP contribution in [-0.4, -0.2) is 45.0 Å². The van der Waals surface area contributed by atoms with Gasteiger partial charge < -0.3 is 14.8 Å². The fraction of sp³-hybridized carbons (Fsp3) is 0.429. The topological polar surface area (TPSA) is 67.9 Å². The van der Waals surface area contributed by atoms with Crippen LogP contribution in [0.4, 0.5) is 4.39 Å². The van der Waals surface area contributed by atoms with Crippen LogP contribution in [0.2, 0.25) is 0 Å². The zero-order chi connectivity index (χ0) is 20.9. The number of piperidine rings is 1. The lowest BCUT2D eigenvalue weighted by Gasteiger charge is -2.35. The summed E-state index contributed by atoms with van der Waals surface area (Å²) in [5, 5.41) is 0.758. The quantitative estimate of drug-likeness (QED) is 0.655. The molecule has 30 heavy (non-hydrogen) atoms. The molecule has 1 saturated heterocycles. The van der Waals surface area contributed by atoms with Crippen molar-refractivity contribution in [3.05, 3.63) is 59.7 Å². The fourth-order valence-corrected chi connectivity index (χ4v) is 5.21. The molecule has 9 heteroatoms. The molecule has 3 rings (SSSR count). The van der Waals surface area contributed by atoms with Gasteiger partial charge in [0.25, 0.3) is 0 Å². The van der Waals surface area contributed by atoms with E-state index in [-0.39, 0.29) is 38.3 Å². The maximum absolute atomic E-state index is 15.5. The SMILES string of the molecule is COc1ccc(CN(Cc2ccc(OC)cc2)S(=O)(=O)C2(F)CCNCC2)cc1.Cl. The van der Waals surface area contributed by atoms with Gasteiger partial charge in [-0.3, -0.25) is 0 Å². The van der Waals surface area contributed by atoms with Crippen LogP contribution in [0.5, 0.6) is 11.5 Å². The predicted octanol–water partition coefficient (Wildman–Crippen LogP) is 3.51. The second kappa shape index (κ2) is 10.4. The summed E-state index contributed by atoms with van der Waals surface area (Å²) in [4.78, 5) is 0. The number of hydrogen-bond donors (Lipinski definition) is 1. The summed E-state index contributed by atoms with van der Waals surface area (Å²) in [6.45, 7) is 0.845. The summed E-state index contributed by atoms with van der Waals surface area (Å²) in [7, 11) is -1.05. The smallest absolute Gasteiger partial charge is 0.250 e. The summed E-state index contributed by atoms with van der Waals surface area (Å²) < 4.78 is 53.8. The number of methoxy groups -OCH3 is 2. The van der Waals surface area contributed by atoms with E-state index in [0.717, 1.165) is 11.1 Å². The monoisotopic (exact) mass is 458 g/mol. The largest absolute Gasteiger partial charge is 0.497 e. The second-order valence-corrected chi connectivity index (χ2v) is 9.30. The van der Waals surface area contributed by atoms with Gasteiger partial charge in [0.2, 0.25) is 15.0 Å². The molecule has 1 heterocycles. The molecule has 2 aromatic rings. The van der Waals surface area contributed by atoms with Gasteiger partial charge in [0.15, 0.2) is 0 Å². The highest BCUT2D eigenvalue weighted by molar-refractivity contribution is 7.90. The van der Waals surface area contributed by atoms with Crippen molar-refractivity contribution in [2.75, 3.05) is 27.3 Å². The van der Waals surface area contributed by atoms with Crippen molar-refractivity contribution in [3.63, 3.8) is 0 Å². The van der Waals surface area contributed by atoms with E-state index >= 15 is 4.39 Å². The molecule has 0 saturated carbocycles. The molecule has 0 atom stereocenters. The summed E-state index contributed by atoms with van der Waals surface area (Å²) >= 11 is 0. The van der Waals surface area contributed by atoms with Gasteiger partial charge >= 0.3 is 0 Å². The molecule has 0 radical (unpaired) electrons. The van der Waals surface area contributed by atoms with Crippen LogP contribution >= 0.6 is 12.4 Å². The van der Waals surface area contributed by atoms with Crippen LogP contribution in [-0.2, 0) is 23.1 Å². The van der Waals surface area contributed by atoms with E-state index in [9.17, 15) is 8.42 Å². The van der Waals surface area contributed by atoms with Gasteiger partial charge in [0.1, 0.15) is 11.5 Å². The van der Waals surface area contributed by atoms with E-state index in [2.05, 4.69) is 5.32 Å². The van der Waals surface area contributed by atoms with Gasteiger partial charge in [0.05, 0.1) is 14.2 Å². The van der Waals surface area contributed by atoms with Gasteiger partial charge in [-0.2, -0.15) is 4.31 Å². The summed E-state index contributed by atoms with van der Waals surface area (Å²) in [6, 6.07) is 14.2. The summed E-state index contributed by atoms with van der Waals surface area (Å²) in [5.74, 6) is 1.36. The van der Waals surface area contributed by atoms with Crippen LogP contribution in [0.1, 0.15) is 24.0 Å². The zero-order valence-corrected chi connectivity index (χ0v) is 18.8. The third-order valence-electron chi connectivity index (χ3n) is 5.19. The summed E-state index contributed by atoms with van der Waals surface area (Å²) in [5.41, 5.74) is 1.53. The van der Waals surface area contributed by atoms with E-state index in [1.54, 1.807) is 62.8 Å². The first-order valence-corrected chi connectivity index (χ1v) is 11.0. The van der Waals surface area contributed by atoms with Gasteiger partial charge in [-0.05, 0) is 48.5 Å². The first-order chi connectivity index (χ1) is 13.9. The molecule has 0 unspecified atom stereocenters. The Morgan fingerprint density at radius 1 is 0.900 bits per heavy atom. The first-order valence-electron chi connectivity index (χ1n) is 9.53. The molecule has 1 aliphatic rings. The molecule has 0 aromatic heterocycles. The van der Waals surface area contributed by atoms with Crippen LogP contribution in [0.3, 0.4) is 0 Å². The first kappa shape index (κ1) is 24.4. The third kappa shape index (κ3) is 5.43. The number of halogens is 2. The molecule has 6 nitrogen and oxygen atoms in total. The minimum absolute atomic E-state index is 0. The highest BCUT2D eigenvalue weighted by Crippen LogP contribution is 2.34. The van der Waals surface area contributed by atoms with Crippen molar-refractivity contribution in [2.24, 2.45) is 0 Å². The van der Waals surface area contributed by atoms with Crippen molar-refractivity contribution in [2.45, 2.75) is 30.9 Å². The number of alkyl halides is 1. The fourth-order valence-electron chi connectivity index (χ4n) is 3.38. The lowest BCUT2D eigenvalue weighted by atomic mass is 10.1. The van der Waals surface area contributed by atoms with E-state index in [1.165, 1.54) is 4.31 Å². The Morgan fingerprint density at radius 2 is 1.30 bits per heavy atom. The molecule has 1 N–H and O–H groups in total. The standard InChI is InChI=1S/C21H27FN2O4S.ClH/c1-27-19-7-3-17(4-8-19)15-24(16-18-5-9-20(28-2)10-6-18)29(25,26)21(22)11-13-23-14-12-21;/h3-10,23H,11-16H2,1-2H3;1H. The number of hydrogen-bond acceptors (Lipinski definition) is 5. The highest BCUT2D eigenvalue weighted by atomic mass is 35.5. The Labute approximate surface area is 183 Å². The van der Waals surface area contributed by atoms with Crippen LogP contribution in [0.25, 0.3) is 0 Å². The van der Waals surface area contributed by atoms with E-state index in [0.29, 0.717) is 24.6 Å². The molecular formula is C21H28ClFN2O4S. The third-order valence-corrected chi connectivity index (χ3v) is 7.46. The number of rotatable bonds is 8. The van der Waals surface area contributed by atoms with Gasteiger partial charge in [0, 0.05) is 25.9 Å². The molecule has 1 fully saturated rings. The lowest BCUT2D eigenvalue weighted by Crippen LogP contribution is -2.50. The van der Waals surface area contributed by atoms with Crippen molar-refractivity contribution in [3.8, 4) is 11.5 Å². The maximum Gasteiger partial charge on any atom is 0.250 e. The van der Waals surface area contributed by atoms with Gasteiger partial charge in [-0.15, -0.1) is 12.4 Å². The molecule has 0 spiro atoms. The Hall–Kier alpha value is -1.87. The Kier molecular flexibility index (Phi) is 8.49. The molecule has 2 aromatic carbocycles.